The molecule has 0 bridgehead atoms. The maximum atomic E-state index is 10.1. The van der Waals surface area contributed by atoms with Gasteiger partial charge in [0.2, 0.25) is 0 Å². The first-order valence-corrected chi connectivity index (χ1v) is 9.32. The zero-order valence-corrected chi connectivity index (χ0v) is 14.8. The van der Waals surface area contributed by atoms with Crippen LogP contribution < -0.4 is 10.1 Å². The highest BCUT2D eigenvalue weighted by atomic mass is 16.5. The zero-order valence-electron chi connectivity index (χ0n) is 14.8. The van der Waals surface area contributed by atoms with Gasteiger partial charge in [0.25, 0.3) is 0 Å². The van der Waals surface area contributed by atoms with Crippen LogP contribution in [-0.4, -0.2) is 30.4 Å². The van der Waals surface area contributed by atoms with E-state index in [9.17, 15) is 5.11 Å². The van der Waals surface area contributed by atoms with Crippen LogP contribution in [0.15, 0.2) is 24.3 Å². The number of benzene rings is 1. The molecule has 130 valence electrons. The maximum Gasteiger partial charge on any atom is 0.122 e. The fourth-order valence-corrected chi connectivity index (χ4v) is 3.32. The smallest absolute Gasteiger partial charge is 0.122 e. The summed E-state index contributed by atoms with van der Waals surface area (Å²) < 4.78 is 5.83. The summed E-state index contributed by atoms with van der Waals surface area (Å²) in [5.74, 6) is 1.47. The third-order valence-electron chi connectivity index (χ3n) is 4.88. The third kappa shape index (κ3) is 6.15. The van der Waals surface area contributed by atoms with Gasteiger partial charge in [-0.1, -0.05) is 38.0 Å². The number of aryl methyl sites for hydroxylation is 1. The molecule has 0 aromatic heterocycles. The number of hydrogen-bond acceptors (Lipinski definition) is 3. The summed E-state index contributed by atoms with van der Waals surface area (Å²) in [4.78, 5) is 0. The monoisotopic (exact) mass is 319 g/mol. The van der Waals surface area contributed by atoms with Gasteiger partial charge in [-0.2, -0.15) is 0 Å². The Kier molecular flexibility index (Phi) is 7.90. The second-order valence-electron chi connectivity index (χ2n) is 6.92. The number of aliphatic hydroxyl groups is 1. The van der Waals surface area contributed by atoms with E-state index in [1.165, 1.54) is 18.4 Å². The highest BCUT2D eigenvalue weighted by molar-refractivity contribution is 5.33. The largest absolute Gasteiger partial charge is 0.493 e. The molecule has 1 aromatic rings. The number of ether oxygens (including phenoxy) is 1. The van der Waals surface area contributed by atoms with Crippen LogP contribution in [0.3, 0.4) is 0 Å². The summed E-state index contributed by atoms with van der Waals surface area (Å²) in [6, 6.07) is 8.83. The molecule has 1 aromatic carbocycles. The van der Waals surface area contributed by atoms with Crippen LogP contribution in [0.25, 0.3) is 0 Å². The molecule has 3 nitrogen and oxygen atoms in total. The quantitative estimate of drug-likeness (QED) is 0.724. The Hall–Kier alpha value is -1.06. The second kappa shape index (κ2) is 9.94. The third-order valence-corrected chi connectivity index (χ3v) is 4.88. The molecule has 1 saturated carbocycles. The standard InChI is InChI=1S/C20H33NO2/c1-3-14-23-20-11-7-5-8-17(20)13-12-16(2)21-15-18-9-4-6-10-19(18)22/h5,7-8,11,16,18-19,21-22H,3-4,6,9-10,12-15H2,1-2H3. The molecule has 0 amide bonds. The highest BCUT2D eigenvalue weighted by Gasteiger charge is 2.22. The van der Waals surface area contributed by atoms with E-state index in [1.807, 2.05) is 6.07 Å². The molecule has 2 N–H and O–H groups in total. The number of aliphatic hydroxyl groups excluding tert-OH is 1. The van der Waals surface area contributed by atoms with Gasteiger partial charge in [-0.25, -0.2) is 0 Å². The minimum atomic E-state index is -0.105. The summed E-state index contributed by atoms with van der Waals surface area (Å²) in [6.07, 6.45) is 7.64. The molecule has 3 heteroatoms. The lowest BCUT2D eigenvalue weighted by Gasteiger charge is -2.29. The van der Waals surface area contributed by atoms with E-state index in [0.717, 1.165) is 51.0 Å². The average Bonchev–Trinajstić information content (AvgIpc) is 2.58. The van der Waals surface area contributed by atoms with Gasteiger partial charge in [-0.05, 0) is 56.6 Å². The van der Waals surface area contributed by atoms with Crippen molar-refractivity contribution < 1.29 is 9.84 Å². The number of hydrogen-bond donors (Lipinski definition) is 2. The molecular formula is C20H33NO2. The summed E-state index contributed by atoms with van der Waals surface area (Å²) in [7, 11) is 0. The first-order valence-electron chi connectivity index (χ1n) is 9.32. The molecule has 23 heavy (non-hydrogen) atoms. The Balaban J connectivity index is 1.74. The van der Waals surface area contributed by atoms with E-state index in [0.29, 0.717) is 12.0 Å². The fourth-order valence-electron chi connectivity index (χ4n) is 3.32. The van der Waals surface area contributed by atoms with Gasteiger partial charge in [-0.3, -0.25) is 0 Å². The maximum absolute atomic E-state index is 10.1. The first kappa shape index (κ1) is 18.3. The first-order chi connectivity index (χ1) is 11.2. The van der Waals surface area contributed by atoms with Crippen molar-refractivity contribution in [3.63, 3.8) is 0 Å². The van der Waals surface area contributed by atoms with Crippen LogP contribution in [0, 0.1) is 5.92 Å². The van der Waals surface area contributed by atoms with Crippen molar-refractivity contribution in [2.45, 2.75) is 70.9 Å². The molecule has 1 fully saturated rings. The van der Waals surface area contributed by atoms with Crippen molar-refractivity contribution in [1.82, 2.24) is 5.32 Å². The lowest BCUT2D eigenvalue weighted by Crippen LogP contribution is -2.37. The summed E-state index contributed by atoms with van der Waals surface area (Å²) in [5.41, 5.74) is 1.30. The van der Waals surface area contributed by atoms with Crippen molar-refractivity contribution in [2.75, 3.05) is 13.2 Å². The van der Waals surface area contributed by atoms with E-state index in [2.05, 4.69) is 37.4 Å². The van der Waals surface area contributed by atoms with Gasteiger partial charge in [0.15, 0.2) is 0 Å². The molecule has 2 rings (SSSR count). The predicted octanol–water partition coefficient (Wildman–Crippen LogP) is 3.94. The Morgan fingerprint density at radius 2 is 2.04 bits per heavy atom. The Labute approximate surface area is 141 Å². The van der Waals surface area contributed by atoms with Gasteiger partial charge < -0.3 is 15.2 Å². The number of nitrogens with one attached hydrogen (secondary N) is 1. The molecule has 0 spiro atoms. The molecule has 1 aliphatic rings. The molecule has 0 radical (unpaired) electrons. The average molecular weight is 319 g/mol. The minimum absolute atomic E-state index is 0.105. The van der Waals surface area contributed by atoms with Gasteiger partial charge >= 0.3 is 0 Å². The molecule has 3 atom stereocenters. The van der Waals surface area contributed by atoms with Crippen LogP contribution in [0.1, 0.15) is 57.9 Å². The lowest BCUT2D eigenvalue weighted by atomic mass is 9.86. The minimum Gasteiger partial charge on any atom is -0.493 e. The number of para-hydroxylation sites is 1. The highest BCUT2D eigenvalue weighted by Crippen LogP contribution is 2.24. The van der Waals surface area contributed by atoms with Crippen LogP contribution in [0.4, 0.5) is 0 Å². The molecule has 0 saturated heterocycles. The lowest BCUT2D eigenvalue weighted by molar-refractivity contribution is 0.0683. The van der Waals surface area contributed by atoms with Crippen LogP contribution in [0.2, 0.25) is 0 Å². The summed E-state index contributed by atoms with van der Waals surface area (Å²) in [5, 5.41) is 13.7. The van der Waals surface area contributed by atoms with E-state index in [1.54, 1.807) is 0 Å². The van der Waals surface area contributed by atoms with E-state index >= 15 is 0 Å². The number of rotatable bonds is 9. The molecule has 0 aliphatic heterocycles. The predicted molar refractivity (Wildman–Crippen MR) is 96.0 cm³/mol. The molecule has 0 heterocycles. The van der Waals surface area contributed by atoms with E-state index in [-0.39, 0.29) is 6.10 Å². The summed E-state index contributed by atoms with van der Waals surface area (Å²) >= 11 is 0. The van der Waals surface area contributed by atoms with Gasteiger partial charge in [0.05, 0.1) is 12.7 Å². The van der Waals surface area contributed by atoms with Crippen molar-refractivity contribution in [3.05, 3.63) is 29.8 Å². The van der Waals surface area contributed by atoms with Crippen molar-refractivity contribution in [1.29, 1.82) is 0 Å². The Morgan fingerprint density at radius 3 is 2.83 bits per heavy atom. The Morgan fingerprint density at radius 1 is 1.26 bits per heavy atom. The second-order valence-corrected chi connectivity index (χ2v) is 6.92. The van der Waals surface area contributed by atoms with E-state index < -0.39 is 0 Å². The van der Waals surface area contributed by atoms with E-state index in [4.69, 9.17) is 4.74 Å². The van der Waals surface area contributed by atoms with Gasteiger partial charge in [0, 0.05) is 12.6 Å². The van der Waals surface area contributed by atoms with Crippen LogP contribution in [0.5, 0.6) is 5.75 Å². The normalized spacial score (nSPS) is 22.7. The molecule has 3 unspecified atom stereocenters. The molecular weight excluding hydrogens is 286 g/mol. The molecule has 1 aliphatic carbocycles. The van der Waals surface area contributed by atoms with Crippen molar-refractivity contribution in [2.24, 2.45) is 5.92 Å². The zero-order chi connectivity index (χ0) is 16.5. The van der Waals surface area contributed by atoms with Crippen LogP contribution in [-0.2, 0) is 6.42 Å². The SMILES string of the molecule is CCCOc1ccccc1CCC(C)NCC1CCCCC1O. The van der Waals surface area contributed by atoms with Crippen molar-refractivity contribution >= 4 is 0 Å². The van der Waals surface area contributed by atoms with Gasteiger partial charge in [0.1, 0.15) is 5.75 Å². The summed E-state index contributed by atoms with van der Waals surface area (Å²) in [6.45, 7) is 6.10. The van der Waals surface area contributed by atoms with Crippen molar-refractivity contribution in [3.8, 4) is 5.75 Å². The Bertz CT molecular complexity index is 449. The topological polar surface area (TPSA) is 41.5 Å². The van der Waals surface area contributed by atoms with Crippen LogP contribution >= 0.6 is 0 Å². The van der Waals surface area contributed by atoms with Gasteiger partial charge in [-0.15, -0.1) is 0 Å². The fraction of sp³-hybridized carbons (Fsp3) is 0.700.